The van der Waals surface area contributed by atoms with Gasteiger partial charge in [0.15, 0.2) is 0 Å². The molecular formula is C23H43NO2S. The summed E-state index contributed by atoms with van der Waals surface area (Å²) in [6, 6.07) is -0.785. The lowest BCUT2D eigenvalue weighted by Gasteiger charge is -2.12. The third kappa shape index (κ3) is 18.5. The van der Waals surface area contributed by atoms with E-state index in [9.17, 15) is 4.79 Å². The largest absolute Gasteiger partial charge is 0.480 e. The molecule has 0 bridgehead atoms. The Kier molecular flexibility index (Phi) is 19.6. The van der Waals surface area contributed by atoms with Crippen molar-refractivity contribution in [3.63, 3.8) is 0 Å². The van der Waals surface area contributed by atoms with Crippen molar-refractivity contribution in [2.75, 3.05) is 5.75 Å². The number of carboxylic acids is 1. The number of carbonyl (C=O) groups is 1. The highest BCUT2D eigenvalue weighted by Crippen LogP contribution is 2.18. The van der Waals surface area contributed by atoms with Crippen LogP contribution in [0.3, 0.4) is 0 Å². The number of unbranched alkanes of at least 4 members (excludes halogenated alkanes) is 12. The van der Waals surface area contributed by atoms with Gasteiger partial charge in [0, 0.05) is 12.2 Å². The van der Waals surface area contributed by atoms with Crippen molar-refractivity contribution in [3.05, 3.63) is 0 Å². The first-order valence-electron chi connectivity index (χ1n) is 11.2. The molecule has 0 amide bonds. The first-order valence-corrected chi connectivity index (χ1v) is 12.2. The van der Waals surface area contributed by atoms with Crippen molar-refractivity contribution >= 4 is 17.7 Å². The number of hydrogen-bond acceptors (Lipinski definition) is 3. The number of carboxylic acid groups (broad SMARTS) is 1. The van der Waals surface area contributed by atoms with Crippen LogP contribution in [0.25, 0.3) is 0 Å². The summed E-state index contributed by atoms with van der Waals surface area (Å²) >= 11 is 1.61. The fourth-order valence-electron chi connectivity index (χ4n) is 2.95. The van der Waals surface area contributed by atoms with Crippen LogP contribution in [-0.2, 0) is 4.79 Å². The van der Waals surface area contributed by atoms with Gasteiger partial charge < -0.3 is 10.8 Å². The quantitative estimate of drug-likeness (QED) is 0.208. The second-order valence-electron chi connectivity index (χ2n) is 7.52. The van der Waals surface area contributed by atoms with Crippen molar-refractivity contribution < 1.29 is 9.90 Å². The Hall–Kier alpha value is -0.660. The summed E-state index contributed by atoms with van der Waals surface area (Å²) in [5.41, 5.74) is 5.62. The minimum absolute atomic E-state index is 0.227. The molecule has 0 saturated carbocycles. The number of thioether (sulfide) groups is 1. The molecule has 0 aromatic heterocycles. The Morgan fingerprint density at radius 2 is 1.41 bits per heavy atom. The predicted molar refractivity (Wildman–Crippen MR) is 120 cm³/mol. The number of rotatable bonds is 18. The lowest BCUT2D eigenvalue weighted by molar-refractivity contribution is -0.137. The van der Waals surface area contributed by atoms with Crippen LogP contribution in [0.1, 0.15) is 110 Å². The standard InChI is InChI=1S/C23H43NO2S/c1-3-5-7-8-9-10-11-12-13-14-15-17-19-21(18-16-6-4-2)27-20-22(24)23(25)26/h21-22H,3-16,18,20,24H2,1-2H3,(H,25,26). The normalized spacial score (nSPS) is 13.0. The van der Waals surface area contributed by atoms with E-state index in [4.69, 9.17) is 10.8 Å². The molecule has 158 valence electrons. The lowest BCUT2D eigenvalue weighted by Crippen LogP contribution is -2.33. The van der Waals surface area contributed by atoms with Crippen LogP contribution in [0.15, 0.2) is 0 Å². The Morgan fingerprint density at radius 1 is 0.889 bits per heavy atom. The average Bonchev–Trinajstić information content (AvgIpc) is 2.66. The van der Waals surface area contributed by atoms with Gasteiger partial charge in [-0.3, -0.25) is 4.79 Å². The number of hydrogen-bond donors (Lipinski definition) is 2. The van der Waals surface area contributed by atoms with Gasteiger partial charge in [-0.2, -0.15) is 0 Å². The molecule has 0 radical (unpaired) electrons. The molecule has 0 saturated heterocycles. The highest BCUT2D eigenvalue weighted by atomic mass is 32.2. The fraction of sp³-hybridized carbons (Fsp3) is 0.870. The molecule has 0 spiro atoms. The predicted octanol–water partition coefficient (Wildman–Crippen LogP) is 6.39. The van der Waals surface area contributed by atoms with Gasteiger partial charge in [0.05, 0.1) is 5.25 Å². The third-order valence-electron chi connectivity index (χ3n) is 4.78. The molecule has 0 aromatic carbocycles. The van der Waals surface area contributed by atoms with E-state index in [-0.39, 0.29) is 5.25 Å². The van der Waals surface area contributed by atoms with E-state index in [2.05, 4.69) is 25.7 Å². The van der Waals surface area contributed by atoms with Crippen LogP contribution in [-0.4, -0.2) is 28.1 Å². The molecular weight excluding hydrogens is 354 g/mol. The maximum Gasteiger partial charge on any atom is 0.321 e. The van der Waals surface area contributed by atoms with Gasteiger partial charge in [0.2, 0.25) is 0 Å². The molecule has 0 aliphatic rings. The smallest absolute Gasteiger partial charge is 0.321 e. The highest BCUT2D eigenvalue weighted by molar-refractivity contribution is 8.00. The fourth-order valence-corrected chi connectivity index (χ4v) is 4.04. The van der Waals surface area contributed by atoms with E-state index in [1.54, 1.807) is 11.8 Å². The molecule has 0 fully saturated rings. The van der Waals surface area contributed by atoms with E-state index in [0.29, 0.717) is 5.75 Å². The van der Waals surface area contributed by atoms with Gasteiger partial charge in [-0.1, -0.05) is 96.8 Å². The minimum Gasteiger partial charge on any atom is -0.480 e. The Balaban J connectivity index is 3.85. The van der Waals surface area contributed by atoms with E-state index in [1.807, 2.05) is 0 Å². The molecule has 0 aromatic rings. The van der Waals surface area contributed by atoms with Gasteiger partial charge in [0.25, 0.3) is 0 Å². The van der Waals surface area contributed by atoms with Crippen LogP contribution in [0.5, 0.6) is 0 Å². The zero-order chi connectivity index (χ0) is 20.2. The minimum atomic E-state index is -0.923. The van der Waals surface area contributed by atoms with Gasteiger partial charge in [0.1, 0.15) is 6.04 Å². The average molecular weight is 398 g/mol. The summed E-state index contributed by atoms with van der Waals surface area (Å²) in [5.74, 6) is 6.22. The van der Waals surface area contributed by atoms with Crippen molar-refractivity contribution in [3.8, 4) is 11.8 Å². The van der Waals surface area contributed by atoms with Crippen molar-refractivity contribution in [2.24, 2.45) is 5.73 Å². The van der Waals surface area contributed by atoms with Crippen LogP contribution >= 0.6 is 11.8 Å². The van der Waals surface area contributed by atoms with E-state index in [1.165, 1.54) is 77.0 Å². The molecule has 2 atom stereocenters. The number of aliphatic carboxylic acids is 1. The summed E-state index contributed by atoms with van der Waals surface area (Å²) < 4.78 is 0. The SMILES string of the molecule is CCCCCCCCCCCCC#CC(CCCCC)SCC(N)C(=O)O. The summed E-state index contributed by atoms with van der Waals surface area (Å²) in [7, 11) is 0. The molecule has 0 rings (SSSR count). The molecule has 2 unspecified atom stereocenters. The monoisotopic (exact) mass is 397 g/mol. The van der Waals surface area contributed by atoms with E-state index in [0.717, 1.165) is 19.3 Å². The molecule has 0 aliphatic heterocycles. The Bertz CT molecular complexity index is 403. The molecule has 27 heavy (non-hydrogen) atoms. The highest BCUT2D eigenvalue weighted by Gasteiger charge is 2.14. The van der Waals surface area contributed by atoms with Crippen molar-refractivity contribution in [1.82, 2.24) is 0 Å². The summed E-state index contributed by atoms with van der Waals surface area (Å²) in [6.07, 6.45) is 19.0. The van der Waals surface area contributed by atoms with Gasteiger partial charge >= 0.3 is 5.97 Å². The first-order chi connectivity index (χ1) is 13.1. The third-order valence-corrected chi connectivity index (χ3v) is 6.09. The summed E-state index contributed by atoms with van der Waals surface area (Å²) in [6.45, 7) is 4.46. The topological polar surface area (TPSA) is 63.3 Å². The van der Waals surface area contributed by atoms with Gasteiger partial charge in [-0.25, -0.2) is 0 Å². The van der Waals surface area contributed by atoms with Crippen LogP contribution in [0, 0.1) is 11.8 Å². The van der Waals surface area contributed by atoms with E-state index < -0.39 is 12.0 Å². The van der Waals surface area contributed by atoms with Crippen LogP contribution < -0.4 is 5.73 Å². The molecule has 3 nitrogen and oxygen atoms in total. The van der Waals surface area contributed by atoms with Gasteiger partial charge in [-0.15, -0.1) is 17.7 Å². The van der Waals surface area contributed by atoms with E-state index >= 15 is 0 Å². The molecule has 3 N–H and O–H groups in total. The molecule has 0 heterocycles. The molecule has 4 heteroatoms. The van der Waals surface area contributed by atoms with Crippen molar-refractivity contribution in [1.29, 1.82) is 0 Å². The second-order valence-corrected chi connectivity index (χ2v) is 8.75. The summed E-state index contributed by atoms with van der Waals surface area (Å²) in [4.78, 5) is 10.9. The summed E-state index contributed by atoms with van der Waals surface area (Å²) in [5, 5.41) is 9.15. The molecule has 0 aliphatic carbocycles. The zero-order valence-electron chi connectivity index (χ0n) is 17.8. The van der Waals surface area contributed by atoms with Crippen LogP contribution in [0.4, 0.5) is 0 Å². The Morgan fingerprint density at radius 3 is 1.96 bits per heavy atom. The van der Waals surface area contributed by atoms with Crippen molar-refractivity contribution in [2.45, 2.75) is 121 Å². The van der Waals surface area contributed by atoms with Crippen LogP contribution in [0.2, 0.25) is 0 Å². The number of nitrogens with two attached hydrogens (primary N) is 1. The lowest BCUT2D eigenvalue weighted by atomic mass is 10.1. The maximum absolute atomic E-state index is 10.9. The first kappa shape index (κ1) is 26.3. The Labute approximate surface area is 172 Å². The second kappa shape index (κ2) is 20.1. The zero-order valence-corrected chi connectivity index (χ0v) is 18.6. The van der Waals surface area contributed by atoms with Gasteiger partial charge in [-0.05, 0) is 12.8 Å². The maximum atomic E-state index is 10.9.